The third-order valence-electron chi connectivity index (χ3n) is 2.20. The molecule has 0 aliphatic rings. The van der Waals surface area contributed by atoms with Gasteiger partial charge in [0.25, 0.3) is 6.01 Å². The molecule has 1 heterocycles. The van der Waals surface area contributed by atoms with Crippen molar-refractivity contribution in [3.05, 3.63) is 18.2 Å². The molecule has 0 saturated heterocycles. The summed E-state index contributed by atoms with van der Waals surface area (Å²) in [5, 5.41) is 3.21. The Labute approximate surface area is 98.6 Å². The molecule has 0 saturated carbocycles. The Morgan fingerprint density at radius 3 is 3.12 bits per heavy atom. The van der Waals surface area contributed by atoms with Gasteiger partial charge in [0.2, 0.25) is 0 Å². The Balaban J connectivity index is 2.19. The van der Waals surface area contributed by atoms with Crippen LogP contribution in [-0.2, 0) is 0 Å². The van der Waals surface area contributed by atoms with Crippen molar-refractivity contribution in [1.29, 1.82) is 0 Å². The van der Waals surface area contributed by atoms with E-state index in [9.17, 15) is 0 Å². The van der Waals surface area contributed by atoms with Crippen LogP contribution in [0, 0.1) is 0 Å². The van der Waals surface area contributed by atoms with Gasteiger partial charge in [-0.1, -0.05) is 0 Å². The summed E-state index contributed by atoms with van der Waals surface area (Å²) in [7, 11) is 0. The van der Waals surface area contributed by atoms with Crippen LogP contribution in [0.15, 0.2) is 22.6 Å². The summed E-state index contributed by atoms with van der Waals surface area (Å²) in [6.45, 7) is 2.10. The number of hydrogen-bond donors (Lipinski definition) is 2. The minimum Gasteiger partial charge on any atom is -0.424 e. The molecular weight excluding hydrogens is 222 g/mol. The fourth-order valence-electron chi connectivity index (χ4n) is 1.51. The summed E-state index contributed by atoms with van der Waals surface area (Å²) in [4.78, 5) is 4.33. The lowest BCUT2D eigenvalue weighted by Crippen LogP contribution is -2.17. The molecule has 0 aliphatic heterocycles. The van der Waals surface area contributed by atoms with Crippen molar-refractivity contribution in [2.75, 3.05) is 23.1 Å². The highest BCUT2D eigenvalue weighted by Crippen LogP contribution is 2.21. The van der Waals surface area contributed by atoms with E-state index in [1.54, 1.807) is 11.8 Å². The molecular formula is C11H15N3OS. The Morgan fingerprint density at radius 2 is 2.38 bits per heavy atom. The monoisotopic (exact) mass is 237 g/mol. The first-order valence-electron chi connectivity index (χ1n) is 5.10. The van der Waals surface area contributed by atoms with Crippen LogP contribution in [0.5, 0.6) is 0 Å². The molecule has 16 heavy (non-hydrogen) atoms. The fourth-order valence-corrected chi connectivity index (χ4v) is 2.09. The highest BCUT2D eigenvalue weighted by molar-refractivity contribution is 7.98. The molecule has 1 unspecified atom stereocenters. The molecule has 3 N–H and O–H groups in total. The van der Waals surface area contributed by atoms with Gasteiger partial charge in [0.05, 0.1) is 0 Å². The Morgan fingerprint density at radius 1 is 1.56 bits per heavy atom. The molecule has 86 valence electrons. The van der Waals surface area contributed by atoms with E-state index in [4.69, 9.17) is 10.2 Å². The summed E-state index contributed by atoms with van der Waals surface area (Å²) < 4.78 is 5.55. The van der Waals surface area contributed by atoms with Gasteiger partial charge in [0.15, 0.2) is 5.58 Å². The minimum atomic E-state index is 0.334. The average molecular weight is 237 g/mol. The maximum atomic E-state index is 5.68. The molecule has 2 aromatic rings. The summed E-state index contributed by atoms with van der Waals surface area (Å²) in [5.74, 6) is 1.01. The van der Waals surface area contributed by atoms with Gasteiger partial charge < -0.3 is 15.5 Å². The van der Waals surface area contributed by atoms with Crippen molar-refractivity contribution in [3.63, 3.8) is 0 Å². The summed E-state index contributed by atoms with van der Waals surface area (Å²) in [5.41, 5.74) is 7.92. The molecule has 1 atom stereocenters. The third-order valence-corrected chi connectivity index (χ3v) is 3.03. The molecule has 0 bridgehead atoms. The zero-order valence-electron chi connectivity index (χ0n) is 9.36. The fraction of sp³-hybridized carbons (Fsp3) is 0.364. The van der Waals surface area contributed by atoms with Gasteiger partial charge in [-0.25, -0.2) is 0 Å². The molecule has 1 aromatic heterocycles. The maximum absolute atomic E-state index is 5.68. The van der Waals surface area contributed by atoms with Gasteiger partial charge in [-0.05, 0) is 31.4 Å². The number of aromatic nitrogens is 1. The van der Waals surface area contributed by atoms with Crippen LogP contribution in [0.3, 0.4) is 0 Å². The molecule has 0 fully saturated rings. The number of benzene rings is 1. The number of anilines is 2. The summed E-state index contributed by atoms with van der Waals surface area (Å²) in [6.07, 6.45) is 2.07. The normalized spacial score (nSPS) is 12.9. The predicted octanol–water partition coefficient (Wildman–Crippen LogP) is 2.57. The lowest BCUT2D eigenvalue weighted by atomic mass is 10.3. The first-order chi connectivity index (χ1) is 7.69. The van der Waals surface area contributed by atoms with Crippen LogP contribution in [0.2, 0.25) is 0 Å². The van der Waals surface area contributed by atoms with Crippen molar-refractivity contribution in [2.45, 2.75) is 13.0 Å². The van der Waals surface area contributed by atoms with Gasteiger partial charge in [-0.2, -0.15) is 16.7 Å². The standard InChI is InChI=1S/C11H15N3OS/c1-7(6-16-2)13-11-14-9-5-8(12)3-4-10(9)15-11/h3-5,7H,6,12H2,1-2H3,(H,13,14). The van der Waals surface area contributed by atoms with E-state index in [0.717, 1.165) is 16.9 Å². The number of rotatable bonds is 4. The maximum Gasteiger partial charge on any atom is 0.295 e. The number of nitrogens with two attached hydrogens (primary N) is 1. The van der Waals surface area contributed by atoms with Gasteiger partial charge in [-0.3, -0.25) is 0 Å². The predicted molar refractivity (Wildman–Crippen MR) is 69.9 cm³/mol. The Hall–Kier alpha value is -1.36. The molecule has 0 radical (unpaired) electrons. The summed E-state index contributed by atoms with van der Waals surface area (Å²) in [6, 6.07) is 6.34. The van der Waals surface area contributed by atoms with Crippen LogP contribution in [0.1, 0.15) is 6.92 Å². The van der Waals surface area contributed by atoms with E-state index >= 15 is 0 Å². The molecule has 0 amide bonds. The van der Waals surface area contributed by atoms with E-state index < -0.39 is 0 Å². The van der Waals surface area contributed by atoms with Crippen molar-refractivity contribution >= 4 is 34.6 Å². The smallest absolute Gasteiger partial charge is 0.295 e. The zero-order valence-corrected chi connectivity index (χ0v) is 10.2. The second kappa shape index (κ2) is 4.65. The number of fused-ring (bicyclic) bond motifs is 1. The van der Waals surface area contributed by atoms with Crippen molar-refractivity contribution in [1.82, 2.24) is 4.98 Å². The van der Waals surface area contributed by atoms with Crippen LogP contribution < -0.4 is 11.1 Å². The highest BCUT2D eigenvalue weighted by atomic mass is 32.2. The van der Waals surface area contributed by atoms with Crippen LogP contribution in [0.4, 0.5) is 11.7 Å². The lowest BCUT2D eigenvalue weighted by Gasteiger charge is -2.09. The second-order valence-corrected chi connectivity index (χ2v) is 4.66. The first-order valence-corrected chi connectivity index (χ1v) is 6.50. The van der Waals surface area contributed by atoms with Gasteiger partial charge in [0, 0.05) is 17.5 Å². The molecule has 1 aromatic carbocycles. The first kappa shape index (κ1) is 11.1. The topological polar surface area (TPSA) is 64.1 Å². The van der Waals surface area contributed by atoms with Crippen molar-refractivity contribution in [2.24, 2.45) is 0 Å². The van der Waals surface area contributed by atoms with Crippen LogP contribution in [-0.4, -0.2) is 23.0 Å². The number of thioether (sulfide) groups is 1. The van der Waals surface area contributed by atoms with Gasteiger partial charge in [-0.15, -0.1) is 0 Å². The Bertz CT molecular complexity index is 483. The van der Waals surface area contributed by atoms with Crippen LogP contribution >= 0.6 is 11.8 Å². The highest BCUT2D eigenvalue weighted by Gasteiger charge is 2.08. The summed E-state index contributed by atoms with van der Waals surface area (Å²) >= 11 is 1.79. The number of hydrogen-bond acceptors (Lipinski definition) is 5. The van der Waals surface area contributed by atoms with Crippen molar-refractivity contribution < 1.29 is 4.42 Å². The third kappa shape index (κ3) is 2.41. The molecule has 0 aliphatic carbocycles. The molecule has 2 rings (SSSR count). The quantitative estimate of drug-likeness (QED) is 0.800. The number of nitrogens with one attached hydrogen (secondary N) is 1. The number of nitrogen functional groups attached to an aromatic ring is 1. The van der Waals surface area contributed by atoms with E-state index in [1.807, 2.05) is 18.2 Å². The minimum absolute atomic E-state index is 0.334. The van der Waals surface area contributed by atoms with Gasteiger partial charge >= 0.3 is 0 Å². The van der Waals surface area contributed by atoms with E-state index in [2.05, 4.69) is 23.5 Å². The van der Waals surface area contributed by atoms with Gasteiger partial charge in [0.1, 0.15) is 5.52 Å². The van der Waals surface area contributed by atoms with Crippen molar-refractivity contribution in [3.8, 4) is 0 Å². The molecule has 5 heteroatoms. The second-order valence-electron chi connectivity index (χ2n) is 3.75. The lowest BCUT2D eigenvalue weighted by molar-refractivity contribution is 0.607. The Kier molecular flexibility index (Phi) is 3.24. The zero-order chi connectivity index (χ0) is 11.5. The SMILES string of the molecule is CSCC(C)Nc1nc2cc(N)ccc2o1. The molecule has 4 nitrogen and oxygen atoms in total. The van der Waals surface area contributed by atoms with E-state index in [-0.39, 0.29) is 0 Å². The van der Waals surface area contributed by atoms with Crippen LogP contribution in [0.25, 0.3) is 11.1 Å². The number of oxazole rings is 1. The number of nitrogens with zero attached hydrogens (tertiary/aromatic N) is 1. The average Bonchev–Trinajstić information content (AvgIpc) is 2.59. The van der Waals surface area contributed by atoms with E-state index in [0.29, 0.717) is 17.7 Å². The van der Waals surface area contributed by atoms with E-state index in [1.165, 1.54) is 0 Å². The largest absolute Gasteiger partial charge is 0.424 e. The molecule has 0 spiro atoms.